The molecule has 0 spiro atoms. The lowest BCUT2D eigenvalue weighted by Crippen LogP contribution is -1.97. The number of hydrogen-bond donors (Lipinski definition) is 0. The summed E-state index contributed by atoms with van der Waals surface area (Å²) in [4.78, 5) is 4.19. The summed E-state index contributed by atoms with van der Waals surface area (Å²) < 4.78 is 2.09. The molecule has 0 unspecified atom stereocenters. The fourth-order valence-electron chi connectivity index (χ4n) is 3.07. The van der Waals surface area contributed by atoms with Gasteiger partial charge in [-0.1, -0.05) is 42.5 Å². The second-order valence-corrected chi connectivity index (χ2v) is 5.50. The van der Waals surface area contributed by atoms with E-state index in [0.717, 1.165) is 12.8 Å². The van der Waals surface area contributed by atoms with Crippen LogP contribution >= 0.6 is 0 Å². The van der Waals surface area contributed by atoms with Crippen LogP contribution in [-0.4, -0.2) is 9.55 Å². The molecule has 0 amide bonds. The summed E-state index contributed by atoms with van der Waals surface area (Å²) >= 11 is 0. The van der Waals surface area contributed by atoms with Crippen molar-refractivity contribution in [2.45, 2.75) is 12.8 Å². The summed E-state index contributed by atoms with van der Waals surface area (Å²) in [5.74, 6) is 0. The maximum atomic E-state index is 4.19. The molecule has 2 aromatic carbocycles. The van der Waals surface area contributed by atoms with Gasteiger partial charge in [0.15, 0.2) is 0 Å². The predicted molar refractivity (Wildman–Crippen MR) is 80.7 cm³/mol. The van der Waals surface area contributed by atoms with Crippen LogP contribution in [0.2, 0.25) is 0 Å². The van der Waals surface area contributed by atoms with E-state index in [1.165, 1.54) is 33.5 Å². The van der Waals surface area contributed by atoms with Crippen molar-refractivity contribution in [2.24, 2.45) is 7.05 Å². The van der Waals surface area contributed by atoms with E-state index in [2.05, 4.69) is 52.0 Å². The lowest BCUT2D eigenvalue weighted by atomic mass is 10.0. The minimum Gasteiger partial charge on any atom is -0.337 e. The van der Waals surface area contributed by atoms with Crippen molar-refractivity contribution >= 4 is 0 Å². The molecule has 0 saturated carbocycles. The fraction of sp³-hybridized carbons (Fsp3) is 0.167. The third-order valence-corrected chi connectivity index (χ3v) is 4.16. The second-order valence-electron chi connectivity index (χ2n) is 5.50. The van der Waals surface area contributed by atoms with Gasteiger partial charge in [0, 0.05) is 25.4 Å². The van der Waals surface area contributed by atoms with Crippen LogP contribution in [0.25, 0.3) is 11.1 Å². The molecule has 0 aliphatic heterocycles. The molecule has 4 rings (SSSR count). The molecule has 0 N–H and O–H groups in total. The first-order valence-corrected chi connectivity index (χ1v) is 6.96. The van der Waals surface area contributed by atoms with Crippen molar-refractivity contribution in [3.8, 4) is 11.1 Å². The Morgan fingerprint density at radius 1 is 1.05 bits per heavy atom. The number of aryl methyl sites for hydroxylation is 1. The predicted octanol–water partition coefficient (Wildman–Crippen LogP) is 3.58. The third-order valence-electron chi connectivity index (χ3n) is 4.16. The van der Waals surface area contributed by atoms with E-state index in [0.29, 0.717) is 0 Å². The van der Waals surface area contributed by atoms with Crippen LogP contribution in [0.15, 0.2) is 55.0 Å². The molecular formula is C18H16N2. The van der Waals surface area contributed by atoms with Crippen LogP contribution in [0.1, 0.15) is 22.4 Å². The summed E-state index contributed by atoms with van der Waals surface area (Å²) in [5.41, 5.74) is 8.30. The summed E-state index contributed by atoms with van der Waals surface area (Å²) in [6.07, 6.45) is 5.81. The van der Waals surface area contributed by atoms with E-state index in [1.54, 1.807) is 0 Å². The SMILES string of the molecule is Cn1cncc1Cc1ccc2c(c1)Cc1ccccc1-2. The van der Waals surface area contributed by atoms with Crippen molar-refractivity contribution in [1.29, 1.82) is 0 Å². The van der Waals surface area contributed by atoms with E-state index in [-0.39, 0.29) is 0 Å². The largest absolute Gasteiger partial charge is 0.337 e. The summed E-state index contributed by atoms with van der Waals surface area (Å²) in [6.45, 7) is 0. The molecule has 1 aliphatic rings. The van der Waals surface area contributed by atoms with Gasteiger partial charge in [-0.3, -0.25) is 0 Å². The van der Waals surface area contributed by atoms with Crippen molar-refractivity contribution in [2.75, 3.05) is 0 Å². The quantitative estimate of drug-likeness (QED) is 0.538. The lowest BCUT2D eigenvalue weighted by Gasteiger charge is -2.06. The Hall–Kier alpha value is -2.35. The molecule has 1 aliphatic carbocycles. The molecule has 0 radical (unpaired) electrons. The van der Waals surface area contributed by atoms with Crippen LogP contribution in [0.4, 0.5) is 0 Å². The maximum Gasteiger partial charge on any atom is 0.0945 e. The second kappa shape index (κ2) is 4.34. The molecule has 2 nitrogen and oxygen atoms in total. The molecule has 0 atom stereocenters. The fourth-order valence-corrected chi connectivity index (χ4v) is 3.07. The van der Waals surface area contributed by atoms with E-state index in [4.69, 9.17) is 0 Å². The van der Waals surface area contributed by atoms with Crippen LogP contribution in [0.5, 0.6) is 0 Å². The Morgan fingerprint density at radius 3 is 2.75 bits per heavy atom. The van der Waals surface area contributed by atoms with Gasteiger partial charge < -0.3 is 4.57 Å². The Labute approximate surface area is 118 Å². The van der Waals surface area contributed by atoms with Crippen LogP contribution < -0.4 is 0 Å². The van der Waals surface area contributed by atoms with Gasteiger partial charge in [-0.25, -0.2) is 4.98 Å². The van der Waals surface area contributed by atoms with Crippen molar-refractivity contribution in [3.63, 3.8) is 0 Å². The van der Waals surface area contributed by atoms with E-state index < -0.39 is 0 Å². The summed E-state index contributed by atoms with van der Waals surface area (Å²) in [5, 5.41) is 0. The molecule has 1 heterocycles. The Kier molecular flexibility index (Phi) is 2.49. The Balaban J connectivity index is 1.70. The number of aromatic nitrogens is 2. The topological polar surface area (TPSA) is 17.8 Å². The van der Waals surface area contributed by atoms with Gasteiger partial charge in [0.2, 0.25) is 0 Å². The number of nitrogens with zero attached hydrogens (tertiary/aromatic N) is 2. The number of imidazole rings is 1. The number of fused-ring (bicyclic) bond motifs is 3. The van der Waals surface area contributed by atoms with E-state index >= 15 is 0 Å². The van der Waals surface area contributed by atoms with E-state index in [1.807, 2.05) is 19.6 Å². The zero-order valence-electron chi connectivity index (χ0n) is 11.5. The van der Waals surface area contributed by atoms with Gasteiger partial charge >= 0.3 is 0 Å². The first-order valence-electron chi connectivity index (χ1n) is 6.96. The monoisotopic (exact) mass is 260 g/mol. The zero-order valence-corrected chi connectivity index (χ0v) is 11.5. The smallest absolute Gasteiger partial charge is 0.0945 e. The minimum absolute atomic E-state index is 0.945. The van der Waals surface area contributed by atoms with Crippen molar-refractivity contribution in [3.05, 3.63) is 77.4 Å². The zero-order chi connectivity index (χ0) is 13.5. The van der Waals surface area contributed by atoms with E-state index in [9.17, 15) is 0 Å². The highest BCUT2D eigenvalue weighted by Gasteiger charge is 2.17. The van der Waals surface area contributed by atoms with Crippen molar-refractivity contribution < 1.29 is 0 Å². The molecule has 20 heavy (non-hydrogen) atoms. The van der Waals surface area contributed by atoms with Gasteiger partial charge in [0.1, 0.15) is 0 Å². The number of benzene rings is 2. The normalized spacial score (nSPS) is 12.2. The highest BCUT2D eigenvalue weighted by atomic mass is 15.0. The molecule has 98 valence electrons. The van der Waals surface area contributed by atoms with Gasteiger partial charge in [0.25, 0.3) is 0 Å². The highest BCUT2D eigenvalue weighted by molar-refractivity contribution is 5.76. The average molecular weight is 260 g/mol. The summed E-state index contributed by atoms with van der Waals surface area (Å²) in [7, 11) is 2.05. The third kappa shape index (κ3) is 1.76. The Bertz CT molecular complexity index is 784. The maximum absolute atomic E-state index is 4.19. The van der Waals surface area contributed by atoms with Gasteiger partial charge in [-0.2, -0.15) is 0 Å². The molecule has 0 bridgehead atoms. The standard InChI is InChI=1S/C18H16N2/c1-20-12-19-11-16(20)9-13-6-7-18-15(8-13)10-14-4-2-3-5-17(14)18/h2-8,11-12H,9-10H2,1H3. The van der Waals surface area contributed by atoms with Gasteiger partial charge in [-0.15, -0.1) is 0 Å². The van der Waals surface area contributed by atoms with Gasteiger partial charge in [-0.05, 0) is 34.2 Å². The molecule has 2 heteroatoms. The first kappa shape index (κ1) is 11.5. The number of rotatable bonds is 2. The Morgan fingerprint density at radius 2 is 1.90 bits per heavy atom. The number of hydrogen-bond acceptors (Lipinski definition) is 1. The molecule has 0 fully saturated rings. The summed E-state index contributed by atoms with van der Waals surface area (Å²) in [6, 6.07) is 15.6. The minimum atomic E-state index is 0.945. The van der Waals surface area contributed by atoms with Crippen LogP contribution in [-0.2, 0) is 19.9 Å². The molecule has 1 aromatic heterocycles. The van der Waals surface area contributed by atoms with Gasteiger partial charge in [0.05, 0.1) is 6.33 Å². The molecular weight excluding hydrogens is 244 g/mol. The average Bonchev–Trinajstić information content (AvgIpc) is 3.02. The van der Waals surface area contributed by atoms with Crippen LogP contribution in [0.3, 0.4) is 0 Å². The molecule has 3 aromatic rings. The van der Waals surface area contributed by atoms with Crippen LogP contribution in [0, 0.1) is 0 Å². The first-order chi connectivity index (χ1) is 9.81. The van der Waals surface area contributed by atoms with Crippen molar-refractivity contribution in [1.82, 2.24) is 9.55 Å². The molecule has 0 saturated heterocycles. The lowest BCUT2D eigenvalue weighted by molar-refractivity contribution is 0.844. The highest BCUT2D eigenvalue weighted by Crippen LogP contribution is 2.36.